The maximum Gasteiger partial charge on any atom is 0.145 e. The number of hydrogen-bond donors (Lipinski definition) is 1. The van der Waals surface area contributed by atoms with Crippen LogP contribution >= 0.6 is 11.3 Å². The van der Waals surface area contributed by atoms with Crippen LogP contribution in [0, 0.1) is 11.3 Å². The lowest BCUT2D eigenvalue weighted by Crippen LogP contribution is -2.14. The van der Waals surface area contributed by atoms with E-state index in [1.54, 1.807) is 11.3 Å². The number of amidine groups is 1. The second kappa shape index (κ2) is 6.33. The summed E-state index contributed by atoms with van der Waals surface area (Å²) in [6.07, 6.45) is 4.34. The Morgan fingerprint density at radius 3 is 3.05 bits per heavy atom. The van der Waals surface area contributed by atoms with Crippen LogP contribution in [0.5, 0.6) is 0 Å². The molecule has 0 radical (unpaired) electrons. The molecule has 0 fully saturated rings. The van der Waals surface area contributed by atoms with Gasteiger partial charge in [0.25, 0.3) is 0 Å². The molecule has 3 heterocycles. The largest absolute Gasteiger partial charge is 0.389 e. The fourth-order valence-electron chi connectivity index (χ4n) is 2.22. The number of aromatic nitrogens is 1. The number of oxime groups is 1. The van der Waals surface area contributed by atoms with E-state index in [4.69, 9.17) is 10.6 Å². The van der Waals surface area contributed by atoms with Gasteiger partial charge in [-0.3, -0.25) is 0 Å². The molecule has 6 heteroatoms. The van der Waals surface area contributed by atoms with Crippen LogP contribution in [0.1, 0.15) is 16.0 Å². The van der Waals surface area contributed by atoms with Gasteiger partial charge in [0.2, 0.25) is 0 Å². The van der Waals surface area contributed by atoms with Gasteiger partial charge in [-0.25, -0.2) is 0 Å². The summed E-state index contributed by atoms with van der Waals surface area (Å²) < 4.78 is 1.90. The van der Waals surface area contributed by atoms with Crippen molar-refractivity contribution in [1.29, 1.82) is 5.26 Å². The number of nitrogens with two attached hydrogens (primary N) is 1. The average molecular weight is 310 g/mol. The van der Waals surface area contributed by atoms with E-state index < -0.39 is 0 Å². The Morgan fingerprint density at radius 1 is 1.36 bits per heavy atom. The van der Waals surface area contributed by atoms with Crippen molar-refractivity contribution in [2.24, 2.45) is 10.9 Å². The zero-order valence-corrected chi connectivity index (χ0v) is 12.6. The molecule has 0 unspecified atom stereocenters. The molecule has 3 rings (SSSR count). The molecule has 0 aliphatic heterocycles. The molecular formula is C16H14N4OS. The Morgan fingerprint density at radius 2 is 2.27 bits per heavy atom. The van der Waals surface area contributed by atoms with Crippen molar-refractivity contribution in [3.05, 3.63) is 64.1 Å². The van der Waals surface area contributed by atoms with Crippen molar-refractivity contribution in [3.63, 3.8) is 0 Å². The summed E-state index contributed by atoms with van der Waals surface area (Å²) >= 11 is 1.63. The minimum atomic E-state index is 0.218. The number of nitriles is 1. The SMILES string of the molecule is N#Cc1c(CO/N=C(\N)Cc2cccs2)cn2ccccc12. The van der Waals surface area contributed by atoms with E-state index in [1.165, 1.54) is 0 Å². The number of fused-ring (bicyclic) bond motifs is 1. The van der Waals surface area contributed by atoms with Gasteiger partial charge in [-0.15, -0.1) is 11.3 Å². The highest BCUT2D eigenvalue weighted by atomic mass is 32.1. The van der Waals surface area contributed by atoms with Crippen molar-refractivity contribution in [3.8, 4) is 6.07 Å². The predicted octanol–water partition coefficient (Wildman–Crippen LogP) is 2.90. The van der Waals surface area contributed by atoms with Gasteiger partial charge in [-0.1, -0.05) is 17.3 Å². The maximum absolute atomic E-state index is 9.31. The first-order chi connectivity index (χ1) is 10.8. The lowest BCUT2D eigenvalue weighted by atomic mass is 10.2. The molecule has 3 aromatic heterocycles. The molecule has 0 amide bonds. The van der Waals surface area contributed by atoms with Crippen molar-refractivity contribution >= 4 is 22.7 Å². The van der Waals surface area contributed by atoms with E-state index >= 15 is 0 Å². The third-order valence-corrected chi connectivity index (χ3v) is 4.09. The van der Waals surface area contributed by atoms with Crippen LogP contribution in [0.3, 0.4) is 0 Å². The van der Waals surface area contributed by atoms with Crippen molar-refractivity contribution in [2.45, 2.75) is 13.0 Å². The van der Waals surface area contributed by atoms with Gasteiger partial charge in [-0.2, -0.15) is 5.26 Å². The molecular weight excluding hydrogens is 296 g/mol. The standard InChI is InChI=1S/C16H14N4OS/c17-9-14-12(10-20-6-2-1-5-15(14)20)11-21-19-16(18)8-13-4-3-7-22-13/h1-7,10H,8,11H2,(H2,18,19). The third kappa shape index (κ3) is 2.95. The monoisotopic (exact) mass is 310 g/mol. The first kappa shape index (κ1) is 14.2. The fourth-order valence-corrected chi connectivity index (χ4v) is 2.94. The highest BCUT2D eigenvalue weighted by Crippen LogP contribution is 2.18. The second-order valence-electron chi connectivity index (χ2n) is 4.75. The van der Waals surface area contributed by atoms with Crippen LogP contribution in [0.25, 0.3) is 5.52 Å². The molecule has 0 aliphatic rings. The zero-order valence-electron chi connectivity index (χ0n) is 11.8. The predicted molar refractivity (Wildman–Crippen MR) is 86.5 cm³/mol. The Labute approximate surface area is 131 Å². The number of hydrogen-bond acceptors (Lipinski definition) is 4. The fraction of sp³-hybridized carbons (Fsp3) is 0.125. The lowest BCUT2D eigenvalue weighted by Gasteiger charge is -2.00. The molecule has 3 aromatic rings. The van der Waals surface area contributed by atoms with Gasteiger partial charge in [-0.05, 0) is 23.6 Å². The molecule has 22 heavy (non-hydrogen) atoms. The van der Waals surface area contributed by atoms with Crippen LogP contribution in [-0.2, 0) is 17.9 Å². The van der Waals surface area contributed by atoms with Gasteiger partial charge in [0, 0.05) is 29.3 Å². The van der Waals surface area contributed by atoms with Gasteiger partial charge < -0.3 is 15.0 Å². The molecule has 0 aromatic carbocycles. The molecule has 2 N–H and O–H groups in total. The van der Waals surface area contributed by atoms with Crippen LogP contribution in [0.2, 0.25) is 0 Å². The highest BCUT2D eigenvalue weighted by molar-refractivity contribution is 7.10. The van der Waals surface area contributed by atoms with E-state index in [2.05, 4.69) is 11.2 Å². The van der Waals surface area contributed by atoms with E-state index in [9.17, 15) is 5.26 Å². The zero-order chi connectivity index (χ0) is 15.4. The highest BCUT2D eigenvalue weighted by Gasteiger charge is 2.10. The molecule has 0 saturated heterocycles. The molecule has 0 aliphatic carbocycles. The summed E-state index contributed by atoms with van der Waals surface area (Å²) in [4.78, 5) is 6.44. The van der Waals surface area contributed by atoms with Crippen molar-refractivity contribution < 1.29 is 4.84 Å². The molecule has 110 valence electrons. The number of rotatable bonds is 5. The molecule has 0 spiro atoms. The van der Waals surface area contributed by atoms with E-state index in [1.807, 2.05) is 52.5 Å². The van der Waals surface area contributed by atoms with Gasteiger partial charge >= 0.3 is 0 Å². The lowest BCUT2D eigenvalue weighted by molar-refractivity contribution is 0.129. The molecule has 0 bridgehead atoms. The number of thiophene rings is 1. The van der Waals surface area contributed by atoms with Gasteiger partial charge in [0.05, 0.1) is 11.1 Å². The van der Waals surface area contributed by atoms with Gasteiger partial charge in [0.15, 0.2) is 0 Å². The summed E-state index contributed by atoms with van der Waals surface area (Å²) in [5.41, 5.74) is 8.09. The normalized spacial score (nSPS) is 11.5. The number of pyridine rings is 1. The van der Waals surface area contributed by atoms with E-state index in [0.29, 0.717) is 17.8 Å². The summed E-state index contributed by atoms with van der Waals surface area (Å²) in [6, 6.07) is 11.9. The summed E-state index contributed by atoms with van der Waals surface area (Å²) in [6.45, 7) is 0.218. The Hall–Kier alpha value is -2.78. The number of nitrogens with zero attached hydrogens (tertiary/aromatic N) is 3. The Balaban J connectivity index is 1.70. The van der Waals surface area contributed by atoms with Crippen molar-refractivity contribution in [2.75, 3.05) is 0 Å². The van der Waals surface area contributed by atoms with E-state index in [0.717, 1.165) is 16.0 Å². The van der Waals surface area contributed by atoms with Crippen molar-refractivity contribution in [1.82, 2.24) is 4.40 Å². The van der Waals surface area contributed by atoms with Crippen LogP contribution in [0.4, 0.5) is 0 Å². The maximum atomic E-state index is 9.31. The molecule has 5 nitrogen and oxygen atoms in total. The minimum Gasteiger partial charge on any atom is -0.389 e. The summed E-state index contributed by atoms with van der Waals surface area (Å²) in [7, 11) is 0. The first-order valence-corrected chi connectivity index (χ1v) is 7.61. The molecule has 0 atom stereocenters. The van der Waals surface area contributed by atoms with Crippen LogP contribution < -0.4 is 5.73 Å². The smallest absolute Gasteiger partial charge is 0.145 e. The first-order valence-electron chi connectivity index (χ1n) is 6.73. The molecule has 0 saturated carbocycles. The quantitative estimate of drug-likeness (QED) is 0.447. The van der Waals surface area contributed by atoms with Gasteiger partial charge in [0.1, 0.15) is 18.5 Å². The average Bonchev–Trinajstić information content (AvgIpc) is 3.14. The van der Waals surface area contributed by atoms with E-state index in [-0.39, 0.29) is 6.61 Å². The topological polar surface area (TPSA) is 75.8 Å². The van der Waals surface area contributed by atoms with Crippen LogP contribution in [-0.4, -0.2) is 10.2 Å². The minimum absolute atomic E-state index is 0.218. The second-order valence-corrected chi connectivity index (χ2v) is 5.78. The van der Waals surface area contributed by atoms with Crippen LogP contribution in [0.15, 0.2) is 53.3 Å². The Kier molecular flexibility index (Phi) is 4.08. The third-order valence-electron chi connectivity index (χ3n) is 3.21. The summed E-state index contributed by atoms with van der Waals surface area (Å²) in [5.74, 6) is 0.421. The Bertz CT molecular complexity index is 843. The summed E-state index contributed by atoms with van der Waals surface area (Å²) in [5, 5.41) is 15.2.